The second kappa shape index (κ2) is 14.9. The summed E-state index contributed by atoms with van der Waals surface area (Å²) in [7, 11) is 2.09. The van der Waals surface area contributed by atoms with Crippen molar-refractivity contribution in [3.63, 3.8) is 0 Å². The van der Waals surface area contributed by atoms with E-state index in [-0.39, 0.29) is 11.9 Å². The smallest absolute Gasteiger partial charge is 0.251 e. The molecule has 0 saturated carbocycles. The Bertz CT molecular complexity index is 1210. The van der Waals surface area contributed by atoms with Crippen LogP contribution in [0, 0.1) is 24.5 Å². The number of nitrogens with zero attached hydrogens (tertiary/aromatic N) is 1. The molecule has 0 spiro atoms. The minimum atomic E-state index is -0.613. The van der Waals surface area contributed by atoms with E-state index in [1.807, 2.05) is 19.1 Å². The monoisotopic (exact) mass is 535 g/mol. The number of carbonyl (C=O) groups is 1. The zero-order valence-corrected chi connectivity index (χ0v) is 24.0. The molecule has 0 saturated heterocycles. The molecule has 3 aromatic carbocycles. The fourth-order valence-electron chi connectivity index (χ4n) is 5.06. The minimum Gasteiger partial charge on any atom is -0.349 e. The fourth-order valence-corrected chi connectivity index (χ4v) is 5.06. The van der Waals surface area contributed by atoms with Gasteiger partial charge in [-0.1, -0.05) is 56.7 Å². The summed E-state index contributed by atoms with van der Waals surface area (Å²) >= 11 is 0. The number of aryl methyl sites for hydroxylation is 2. The van der Waals surface area contributed by atoms with E-state index in [0.717, 1.165) is 36.7 Å². The van der Waals surface area contributed by atoms with Crippen LogP contribution in [0.2, 0.25) is 0 Å². The predicted molar refractivity (Wildman–Crippen MR) is 156 cm³/mol. The first-order valence-electron chi connectivity index (χ1n) is 13.9. The van der Waals surface area contributed by atoms with E-state index >= 15 is 0 Å². The van der Waals surface area contributed by atoms with E-state index in [1.54, 1.807) is 0 Å². The van der Waals surface area contributed by atoms with E-state index in [4.69, 9.17) is 0 Å². The summed E-state index contributed by atoms with van der Waals surface area (Å²) in [5.41, 5.74) is 5.73. The van der Waals surface area contributed by atoms with Gasteiger partial charge in [-0.2, -0.15) is 0 Å². The van der Waals surface area contributed by atoms with Crippen LogP contribution in [0.3, 0.4) is 0 Å². The molecule has 0 fully saturated rings. The molecule has 1 atom stereocenters. The minimum absolute atomic E-state index is 0.177. The third kappa shape index (κ3) is 10.5. The Morgan fingerprint density at radius 1 is 0.923 bits per heavy atom. The zero-order chi connectivity index (χ0) is 28.4. The van der Waals surface area contributed by atoms with Gasteiger partial charge in [-0.05, 0) is 92.2 Å². The van der Waals surface area contributed by atoms with Gasteiger partial charge in [-0.3, -0.25) is 4.79 Å². The second-order valence-electron chi connectivity index (χ2n) is 11.1. The summed E-state index contributed by atoms with van der Waals surface area (Å²) in [6.07, 6.45) is 1.94. The van der Waals surface area contributed by atoms with Gasteiger partial charge in [0.25, 0.3) is 5.91 Å². The third-order valence-corrected chi connectivity index (χ3v) is 6.67. The third-order valence-electron chi connectivity index (χ3n) is 6.67. The van der Waals surface area contributed by atoms with Crippen molar-refractivity contribution in [1.82, 2.24) is 15.5 Å². The molecule has 6 heteroatoms. The maximum atomic E-state index is 13.9. The molecule has 0 aliphatic heterocycles. The Balaban J connectivity index is 1.70. The molecule has 3 aromatic rings. The van der Waals surface area contributed by atoms with Crippen molar-refractivity contribution >= 4 is 5.91 Å². The van der Waals surface area contributed by atoms with Crippen LogP contribution in [0.25, 0.3) is 0 Å². The quantitative estimate of drug-likeness (QED) is 0.233. The summed E-state index contributed by atoms with van der Waals surface area (Å²) in [5, 5.41) is 6.60. The molecule has 0 heterocycles. The highest BCUT2D eigenvalue weighted by Crippen LogP contribution is 2.15. The predicted octanol–water partition coefficient (Wildman–Crippen LogP) is 6.44. The maximum absolute atomic E-state index is 13.9. The van der Waals surface area contributed by atoms with Gasteiger partial charge in [-0.15, -0.1) is 0 Å². The highest BCUT2D eigenvalue weighted by Gasteiger charge is 2.17. The molecule has 0 radical (unpaired) electrons. The summed E-state index contributed by atoms with van der Waals surface area (Å²) in [4.78, 5) is 15.6. The van der Waals surface area contributed by atoms with Crippen LogP contribution in [0.4, 0.5) is 8.78 Å². The number of halogens is 2. The highest BCUT2D eigenvalue weighted by molar-refractivity contribution is 5.94. The largest absolute Gasteiger partial charge is 0.349 e. The molecular weight excluding hydrogens is 492 g/mol. The van der Waals surface area contributed by atoms with E-state index < -0.39 is 11.6 Å². The van der Waals surface area contributed by atoms with Gasteiger partial charge in [0.05, 0.1) is 0 Å². The maximum Gasteiger partial charge on any atom is 0.251 e. The molecule has 1 amide bonds. The van der Waals surface area contributed by atoms with Crippen LogP contribution >= 0.6 is 0 Å². The lowest BCUT2D eigenvalue weighted by atomic mass is 10.0. The average Bonchev–Trinajstić information content (AvgIpc) is 2.85. The molecule has 0 unspecified atom stereocenters. The lowest BCUT2D eigenvalue weighted by Crippen LogP contribution is -2.38. The van der Waals surface area contributed by atoms with Gasteiger partial charge in [0.2, 0.25) is 0 Å². The number of amides is 1. The van der Waals surface area contributed by atoms with Gasteiger partial charge in [-0.25, -0.2) is 8.78 Å². The molecule has 39 heavy (non-hydrogen) atoms. The van der Waals surface area contributed by atoms with Gasteiger partial charge in [0, 0.05) is 37.3 Å². The number of hydrogen-bond acceptors (Lipinski definition) is 3. The highest BCUT2D eigenvalue weighted by atomic mass is 19.1. The first-order chi connectivity index (χ1) is 18.6. The number of nitrogens with one attached hydrogen (secondary N) is 2. The normalized spacial score (nSPS) is 12.2. The Morgan fingerprint density at radius 3 is 2.33 bits per heavy atom. The first kappa shape index (κ1) is 30.5. The summed E-state index contributed by atoms with van der Waals surface area (Å²) in [6, 6.07) is 17.6. The van der Waals surface area contributed by atoms with Gasteiger partial charge in [0.15, 0.2) is 0 Å². The lowest BCUT2D eigenvalue weighted by Gasteiger charge is -2.21. The van der Waals surface area contributed by atoms with Gasteiger partial charge in [0.1, 0.15) is 11.6 Å². The van der Waals surface area contributed by atoms with Crippen molar-refractivity contribution in [2.45, 2.75) is 66.1 Å². The number of carbonyl (C=O) groups excluding carboxylic acids is 1. The number of rotatable bonds is 14. The van der Waals surface area contributed by atoms with E-state index in [1.165, 1.54) is 23.3 Å². The SMILES string of the molecule is CCc1cccc(CNCC[C@H](Cc2cc(F)cc(F)c2)NC(=O)c2cc(C)cc(CN(C)CC(C)C)c2)c1. The Kier molecular flexibility index (Phi) is 11.6. The molecule has 210 valence electrons. The van der Waals surface area contributed by atoms with Crippen LogP contribution < -0.4 is 10.6 Å². The molecular formula is C33H43F2N3O. The van der Waals surface area contributed by atoms with E-state index in [2.05, 4.69) is 73.7 Å². The van der Waals surface area contributed by atoms with E-state index in [0.29, 0.717) is 43.0 Å². The van der Waals surface area contributed by atoms with E-state index in [9.17, 15) is 13.6 Å². The molecule has 0 aromatic heterocycles. The van der Waals surface area contributed by atoms with Crippen LogP contribution in [-0.4, -0.2) is 37.0 Å². The summed E-state index contributed by atoms with van der Waals surface area (Å²) < 4.78 is 27.8. The summed E-state index contributed by atoms with van der Waals surface area (Å²) in [6.45, 7) is 11.6. The van der Waals surface area contributed by atoms with Crippen LogP contribution in [0.5, 0.6) is 0 Å². The van der Waals surface area contributed by atoms with Crippen LogP contribution in [-0.2, 0) is 25.9 Å². The second-order valence-corrected chi connectivity index (χ2v) is 11.1. The molecule has 0 bridgehead atoms. The van der Waals surface area contributed by atoms with Crippen molar-refractivity contribution < 1.29 is 13.6 Å². The molecule has 3 rings (SSSR count). The Labute approximate surface area is 232 Å². The molecule has 0 aliphatic rings. The van der Waals surface area contributed by atoms with Crippen molar-refractivity contribution in [3.8, 4) is 0 Å². The van der Waals surface area contributed by atoms with Crippen LogP contribution in [0.1, 0.15) is 65.4 Å². The lowest BCUT2D eigenvalue weighted by molar-refractivity contribution is 0.0934. The van der Waals surface area contributed by atoms with Crippen LogP contribution in [0.15, 0.2) is 60.7 Å². The van der Waals surface area contributed by atoms with Gasteiger partial charge < -0.3 is 15.5 Å². The van der Waals surface area contributed by atoms with Crippen molar-refractivity contribution in [3.05, 3.63) is 106 Å². The average molecular weight is 536 g/mol. The topological polar surface area (TPSA) is 44.4 Å². The Hall–Kier alpha value is -3.09. The molecule has 2 N–H and O–H groups in total. The standard InChI is InChI=1S/C33H43F2N3O/c1-6-25-8-7-9-26(14-25)20-36-11-10-32(18-27-16-30(34)19-31(35)17-27)37-33(39)29-13-24(4)12-28(15-29)22-38(5)21-23(2)3/h7-9,12-17,19,23,32,36H,6,10-11,18,20-22H2,1-5H3,(H,37,39)/t32-/m1/s1. The molecule has 4 nitrogen and oxygen atoms in total. The number of hydrogen-bond donors (Lipinski definition) is 2. The zero-order valence-electron chi connectivity index (χ0n) is 24.0. The van der Waals surface area contributed by atoms with Crippen molar-refractivity contribution in [2.75, 3.05) is 20.1 Å². The van der Waals surface area contributed by atoms with Gasteiger partial charge >= 0.3 is 0 Å². The van der Waals surface area contributed by atoms with Crippen molar-refractivity contribution in [2.24, 2.45) is 5.92 Å². The van der Waals surface area contributed by atoms with Crippen molar-refractivity contribution in [1.29, 1.82) is 0 Å². The molecule has 0 aliphatic carbocycles. The first-order valence-corrected chi connectivity index (χ1v) is 13.9. The summed E-state index contributed by atoms with van der Waals surface area (Å²) in [5.74, 6) is -0.847. The Morgan fingerprint density at radius 2 is 1.64 bits per heavy atom. The fraction of sp³-hybridized carbons (Fsp3) is 0.424. The number of benzene rings is 3.